The second-order valence-electron chi connectivity index (χ2n) is 4.84. The first-order valence-electron chi connectivity index (χ1n) is 6.58. The largest absolute Gasteiger partial charge is 0.468 e. The highest BCUT2D eigenvalue weighted by Gasteiger charge is 2.28. The molecule has 0 radical (unpaired) electrons. The van der Waals surface area contributed by atoms with Crippen molar-refractivity contribution in [2.75, 3.05) is 13.7 Å². The number of carbonyl (C=O) groups is 2. The number of hydrogen-bond donors (Lipinski definition) is 0. The van der Waals surface area contributed by atoms with Crippen LogP contribution in [-0.2, 0) is 20.7 Å². The van der Waals surface area contributed by atoms with E-state index in [0.29, 0.717) is 6.42 Å². The Morgan fingerprint density at radius 3 is 2.74 bits per heavy atom. The molecule has 1 heterocycles. The van der Waals surface area contributed by atoms with Gasteiger partial charge in [0.15, 0.2) is 0 Å². The molecule has 1 saturated carbocycles. The summed E-state index contributed by atoms with van der Waals surface area (Å²) in [5, 5.41) is 3.94. The summed E-state index contributed by atoms with van der Waals surface area (Å²) in [7, 11) is 1.36. The fraction of sp³-hybridized carbons (Fsp3) is 0.571. The Kier molecular flexibility index (Phi) is 4.96. The van der Waals surface area contributed by atoms with Crippen LogP contribution in [0.2, 0.25) is 0 Å². The van der Waals surface area contributed by atoms with Crippen LogP contribution in [0.25, 0.3) is 0 Å². The van der Waals surface area contributed by atoms with Gasteiger partial charge in [0.25, 0.3) is 0 Å². The molecule has 104 valence electrons. The zero-order valence-electron chi connectivity index (χ0n) is 11.1. The molecule has 0 aliphatic heterocycles. The standard InChI is InChI=1S/C14H19NO3S/c1-18-14(17)9-15(12-4-2-3-5-12)13(16)8-11-6-7-19-10-11/h6-7,10,12H,2-5,8-9H2,1H3. The van der Waals surface area contributed by atoms with Crippen molar-refractivity contribution in [2.24, 2.45) is 0 Å². The number of thiophene rings is 1. The van der Waals surface area contributed by atoms with E-state index < -0.39 is 0 Å². The van der Waals surface area contributed by atoms with Gasteiger partial charge in [-0.15, -0.1) is 0 Å². The summed E-state index contributed by atoms with van der Waals surface area (Å²) in [6.07, 6.45) is 4.62. The molecule has 4 nitrogen and oxygen atoms in total. The van der Waals surface area contributed by atoms with E-state index in [1.54, 1.807) is 16.2 Å². The number of ether oxygens (including phenoxy) is 1. The third-order valence-corrected chi connectivity index (χ3v) is 4.28. The molecule has 0 aromatic carbocycles. The minimum atomic E-state index is -0.342. The van der Waals surface area contributed by atoms with Gasteiger partial charge in [0.05, 0.1) is 13.5 Å². The van der Waals surface area contributed by atoms with Gasteiger partial charge in [0, 0.05) is 6.04 Å². The smallest absolute Gasteiger partial charge is 0.325 e. The fourth-order valence-corrected chi connectivity index (χ4v) is 3.18. The average molecular weight is 281 g/mol. The van der Waals surface area contributed by atoms with E-state index in [9.17, 15) is 9.59 Å². The van der Waals surface area contributed by atoms with E-state index in [4.69, 9.17) is 4.74 Å². The van der Waals surface area contributed by atoms with Crippen LogP contribution in [0.15, 0.2) is 16.8 Å². The lowest BCUT2D eigenvalue weighted by Crippen LogP contribution is -2.43. The molecule has 0 saturated heterocycles. The van der Waals surface area contributed by atoms with Gasteiger partial charge in [0.2, 0.25) is 5.91 Å². The molecular formula is C14H19NO3S. The summed E-state index contributed by atoms with van der Waals surface area (Å²) in [5.74, 6) is -0.318. The highest BCUT2D eigenvalue weighted by Crippen LogP contribution is 2.24. The Hall–Kier alpha value is -1.36. The third kappa shape index (κ3) is 3.80. The molecule has 0 unspecified atom stereocenters. The van der Waals surface area contributed by atoms with Crippen molar-refractivity contribution in [1.82, 2.24) is 4.90 Å². The van der Waals surface area contributed by atoms with Gasteiger partial charge in [-0.2, -0.15) is 11.3 Å². The van der Waals surface area contributed by atoms with Crippen molar-refractivity contribution < 1.29 is 14.3 Å². The quantitative estimate of drug-likeness (QED) is 0.778. The number of esters is 1. The number of amides is 1. The second-order valence-corrected chi connectivity index (χ2v) is 5.62. The van der Waals surface area contributed by atoms with E-state index in [2.05, 4.69) is 0 Å². The molecule has 0 atom stereocenters. The van der Waals surface area contributed by atoms with Crippen molar-refractivity contribution in [1.29, 1.82) is 0 Å². The Morgan fingerprint density at radius 1 is 1.42 bits per heavy atom. The summed E-state index contributed by atoms with van der Waals surface area (Å²) < 4.78 is 4.69. The van der Waals surface area contributed by atoms with Gasteiger partial charge >= 0.3 is 5.97 Å². The second kappa shape index (κ2) is 6.70. The van der Waals surface area contributed by atoms with Crippen LogP contribution in [0.5, 0.6) is 0 Å². The molecule has 1 aliphatic carbocycles. The Labute approximate surface area is 117 Å². The average Bonchev–Trinajstić information content (AvgIpc) is 3.08. The summed E-state index contributed by atoms with van der Waals surface area (Å²) in [6.45, 7) is 0.0735. The predicted molar refractivity (Wildman–Crippen MR) is 74.0 cm³/mol. The van der Waals surface area contributed by atoms with Crippen molar-refractivity contribution in [2.45, 2.75) is 38.1 Å². The number of hydrogen-bond acceptors (Lipinski definition) is 4. The maximum atomic E-state index is 12.4. The van der Waals surface area contributed by atoms with Crippen LogP contribution in [0.1, 0.15) is 31.2 Å². The lowest BCUT2D eigenvalue weighted by atomic mass is 10.1. The SMILES string of the molecule is COC(=O)CN(C(=O)Cc1ccsc1)C1CCCC1. The van der Waals surface area contributed by atoms with Crippen LogP contribution in [0.3, 0.4) is 0 Å². The molecule has 19 heavy (non-hydrogen) atoms. The minimum Gasteiger partial charge on any atom is -0.468 e. The van der Waals surface area contributed by atoms with Crippen LogP contribution < -0.4 is 0 Å². The van der Waals surface area contributed by atoms with E-state index in [1.807, 2.05) is 16.8 Å². The first kappa shape index (κ1) is 14.1. The molecule has 1 amide bonds. The first-order chi connectivity index (χ1) is 9.20. The Bertz CT molecular complexity index is 424. The molecule has 1 aliphatic rings. The van der Waals surface area contributed by atoms with E-state index >= 15 is 0 Å². The molecule has 2 rings (SSSR count). The zero-order chi connectivity index (χ0) is 13.7. The predicted octanol–water partition coefficient (Wildman–Crippen LogP) is 2.23. The van der Waals surface area contributed by atoms with E-state index in [0.717, 1.165) is 31.2 Å². The summed E-state index contributed by atoms with van der Waals surface area (Å²) in [5.41, 5.74) is 1.02. The topological polar surface area (TPSA) is 46.6 Å². The number of nitrogens with zero attached hydrogens (tertiary/aromatic N) is 1. The van der Waals surface area contributed by atoms with Crippen molar-refractivity contribution in [3.63, 3.8) is 0 Å². The molecule has 1 aromatic heterocycles. The summed E-state index contributed by atoms with van der Waals surface area (Å²) in [6, 6.07) is 2.15. The third-order valence-electron chi connectivity index (χ3n) is 3.55. The van der Waals surface area contributed by atoms with Crippen LogP contribution in [0.4, 0.5) is 0 Å². The van der Waals surface area contributed by atoms with Crippen LogP contribution in [0, 0.1) is 0 Å². The fourth-order valence-electron chi connectivity index (χ4n) is 2.51. The van der Waals surface area contributed by atoms with Crippen LogP contribution in [-0.4, -0.2) is 36.5 Å². The van der Waals surface area contributed by atoms with Gasteiger partial charge in [-0.25, -0.2) is 0 Å². The van der Waals surface area contributed by atoms with Gasteiger partial charge in [0.1, 0.15) is 6.54 Å². The van der Waals surface area contributed by atoms with Gasteiger partial charge in [-0.3, -0.25) is 9.59 Å². The monoisotopic (exact) mass is 281 g/mol. The van der Waals surface area contributed by atoms with Crippen molar-refractivity contribution >= 4 is 23.2 Å². The molecule has 1 fully saturated rings. The zero-order valence-corrected chi connectivity index (χ0v) is 11.9. The number of methoxy groups -OCH3 is 1. The van der Waals surface area contributed by atoms with E-state index in [-0.39, 0.29) is 24.5 Å². The molecule has 0 bridgehead atoms. The number of rotatable bonds is 5. The van der Waals surface area contributed by atoms with Crippen LogP contribution >= 0.6 is 11.3 Å². The van der Waals surface area contributed by atoms with Gasteiger partial charge in [-0.05, 0) is 35.2 Å². The van der Waals surface area contributed by atoms with Gasteiger partial charge in [-0.1, -0.05) is 12.8 Å². The number of carbonyl (C=O) groups excluding carboxylic acids is 2. The summed E-state index contributed by atoms with van der Waals surface area (Å²) >= 11 is 1.58. The highest BCUT2D eigenvalue weighted by atomic mass is 32.1. The first-order valence-corrected chi connectivity index (χ1v) is 7.52. The molecular weight excluding hydrogens is 262 g/mol. The minimum absolute atomic E-state index is 0.0238. The molecule has 1 aromatic rings. The highest BCUT2D eigenvalue weighted by molar-refractivity contribution is 7.07. The Morgan fingerprint density at radius 2 is 2.16 bits per heavy atom. The van der Waals surface area contributed by atoms with Crippen molar-refractivity contribution in [3.05, 3.63) is 22.4 Å². The molecule has 0 N–H and O–H groups in total. The van der Waals surface area contributed by atoms with Gasteiger partial charge < -0.3 is 9.64 Å². The normalized spacial score (nSPS) is 15.4. The maximum Gasteiger partial charge on any atom is 0.325 e. The lowest BCUT2D eigenvalue weighted by Gasteiger charge is -2.27. The van der Waals surface area contributed by atoms with Crippen molar-refractivity contribution in [3.8, 4) is 0 Å². The van der Waals surface area contributed by atoms with E-state index in [1.165, 1.54) is 7.11 Å². The molecule has 5 heteroatoms. The Balaban J connectivity index is 2.02. The maximum absolute atomic E-state index is 12.4. The summed E-state index contributed by atoms with van der Waals surface area (Å²) in [4.78, 5) is 25.5. The lowest BCUT2D eigenvalue weighted by molar-refractivity contribution is -0.148. The molecule has 0 spiro atoms.